The lowest BCUT2D eigenvalue weighted by atomic mass is 10.1. The van der Waals surface area contributed by atoms with Gasteiger partial charge in [-0.1, -0.05) is 12.1 Å². The van der Waals surface area contributed by atoms with E-state index in [0.29, 0.717) is 11.6 Å². The second-order valence-electron chi connectivity index (χ2n) is 6.09. The molecule has 2 rings (SSSR count). The Bertz CT molecular complexity index is 654. The number of aromatic nitrogens is 2. The fraction of sp³-hybridized carbons (Fsp3) is 0.353. The smallest absolute Gasteiger partial charge is 0.408 e. The highest BCUT2D eigenvalue weighted by molar-refractivity contribution is 5.68. The van der Waals surface area contributed by atoms with E-state index in [4.69, 9.17) is 9.47 Å². The Hall–Kier alpha value is -2.63. The Morgan fingerprint density at radius 2 is 2.04 bits per heavy atom. The van der Waals surface area contributed by atoms with Gasteiger partial charge >= 0.3 is 6.09 Å². The quantitative estimate of drug-likeness (QED) is 0.927. The number of alkyl carbamates (subject to hydrolysis) is 1. The largest absolute Gasteiger partial charge is 0.444 e. The Morgan fingerprint density at radius 1 is 1.26 bits per heavy atom. The van der Waals surface area contributed by atoms with E-state index in [1.807, 2.05) is 52.0 Å². The van der Waals surface area contributed by atoms with Crippen molar-refractivity contribution >= 4 is 6.09 Å². The van der Waals surface area contributed by atoms with Crippen molar-refractivity contribution in [2.75, 3.05) is 0 Å². The van der Waals surface area contributed by atoms with Crippen LogP contribution in [0.2, 0.25) is 0 Å². The van der Waals surface area contributed by atoms with Gasteiger partial charge in [0.1, 0.15) is 11.4 Å². The average Bonchev–Trinajstić information content (AvgIpc) is 2.46. The van der Waals surface area contributed by atoms with Crippen LogP contribution in [0.25, 0.3) is 0 Å². The third-order valence-corrected chi connectivity index (χ3v) is 2.85. The van der Waals surface area contributed by atoms with Crippen LogP contribution in [0.1, 0.15) is 39.3 Å². The minimum atomic E-state index is -0.527. The van der Waals surface area contributed by atoms with Crippen molar-refractivity contribution in [1.29, 1.82) is 0 Å². The highest BCUT2D eigenvalue weighted by atomic mass is 16.6. The third-order valence-electron chi connectivity index (χ3n) is 2.85. The maximum absolute atomic E-state index is 11.8. The molecule has 6 heteroatoms. The van der Waals surface area contributed by atoms with Crippen molar-refractivity contribution in [1.82, 2.24) is 15.3 Å². The number of rotatable bonds is 4. The first-order chi connectivity index (χ1) is 10.8. The summed E-state index contributed by atoms with van der Waals surface area (Å²) < 4.78 is 10.9. The molecule has 2 aromatic rings. The normalized spacial score (nSPS) is 12.3. The van der Waals surface area contributed by atoms with Gasteiger partial charge in [-0.2, -0.15) is 0 Å². The molecule has 1 N–H and O–H groups in total. The van der Waals surface area contributed by atoms with E-state index in [1.165, 1.54) is 6.20 Å². The van der Waals surface area contributed by atoms with Crippen LogP contribution in [-0.4, -0.2) is 21.7 Å². The van der Waals surface area contributed by atoms with E-state index in [2.05, 4.69) is 15.3 Å². The van der Waals surface area contributed by atoms with Crippen molar-refractivity contribution in [2.24, 2.45) is 0 Å². The third kappa shape index (κ3) is 5.58. The molecule has 6 nitrogen and oxygen atoms in total. The predicted octanol–water partition coefficient (Wildman–Crippen LogP) is 3.85. The molecule has 0 saturated heterocycles. The van der Waals surface area contributed by atoms with Gasteiger partial charge in [0, 0.05) is 12.4 Å². The van der Waals surface area contributed by atoms with E-state index in [1.54, 1.807) is 12.4 Å². The molecule has 0 spiro atoms. The minimum absolute atomic E-state index is 0.213. The maximum atomic E-state index is 11.8. The highest BCUT2D eigenvalue weighted by Gasteiger charge is 2.18. The maximum Gasteiger partial charge on any atom is 0.408 e. The van der Waals surface area contributed by atoms with Crippen molar-refractivity contribution in [3.8, 4) is 11.6 Å². The van der Waals surface area contributed by atoms with Crippen LogP contribution in [-0.2, 0) is 4.74 Å². The van der Waals surface area contributed by atoms with Gasteiger partial charge in [0.15, 0.2) is 0 Å². The van der Waals surface area contributed by atoms with E-state index in [0.717, 1.165) is 5.56 Å². The molecule has 122 valence electrons. The summed E-state index contributed by atoms with van der Waals surface area (Å²) in [5.74, 6) is 1.04. The summed E-state index contributed by atoms with van der Waals surface area (Å²) in [4.78, 5) is 19.8. The molecule has 0 radical (unpaired) electrons. The number of hydrogen-bond acceptors (Lipinski definition) is 5. The molecule has 0 fully saturated rings. The molecule has 0 bridgehead atoms. The fourth-order valence-electron chi connectivity index (χ4n) is 1.87. The molecule has 1 aromatic heterocycles. The van der Waals surface area contributed by atoms with E-state index in [9.17, 15) is 4.79 Å². The zero-order valence-corrected chi connectivity index (χ0v) is 13.7. The molecule has 1 atom stereocenters. The molecular weight excluding hydrogens is 294 g/mol. The molecule has 1 aromatic carbocycles. The number of hydrogen-bond donors (Lipinski definition) is 1. The van der Waals surface area contributed by atoms with E-state index >= 15 is 0 Å². The number of nitrogens with one attached hydrogen (secondary N) is 1. The van der Waals surface area contributed by atoms with Crippen LogP contribution in [0.4, 0.5) is 4.79 Å². The van der Waals surface area contributed by atoms with Gasteiger partial charge in [-0.05, 0) is 45.4 Å². The molecule has 0 saturated carbocycles. The number of benzene rings is 1. The molecule has 1 heterocycles. The number of carbonyl (C=O) groups excluding carboxylic acids is 1. The van der Waals surface area contributed by atoms with Gasteiger partial charge in [0.2, 0.25) is 5.88 Å². The van der Waals surface area contributed by atoms with Gasteiger partial charge in [-0.25, -0.2) is 9.78 Å². The van der Waals surface area contributed by atoms with Crippen molar-refractivity contribution in [3.63, 3.8) is 0 Å². The summed E-state index contributed by atoms with van der Waals surface area (Å²) in [5, 5.41) is 2.80. The van der Waals surface area contributed by atoms with Gasteiger partial charge in [0.05, 0.1) is 12.2 Å². The topological polar surface area (TPSA) is 73.3 Å². The lowest BCUT2D eigenvalue weighted by Gasteiger charge is -2.22. The van der Waals surface area contributed by atoms with Gasteiger partial charge in [-0.3, -0.25) is 4.98 Å². The molecule has 0 aliphatic carbocycles. The van der Waals surface area contributed by atoms with Crippen molar-refractivity contribution < 1.29 is 14.3 Å². The van der Waals surface area contributed by atoms with E-state index < -0.39 is 11.7 Å². The summed E-state index contributed by atoms with van der Waals surface area (Å²) in [6, 6.07) is 7.21. The van der Waals surface area contributed by atoms with Crippen molar-refractivity contribution in [2.45, 2.75) is 39.3 Å². The van der Waals surface area contributed by atoms with Crippen LogP contribution in [0.3, 0.4) is 0 Å². The summed E-state index contributed by atoms with van der Waals surface area (Å²) >= 11 is 0. The zero-order valence-electron chi connectivity index (χ0n) is 13.7. The van der Waals surface area contributed by atoms with Crippen LogP contribution in [0.5, 0.6) is 11.6 Å². The first-order valence-corrected chi connectivity index (χ1v) is 7.37. The number of carbonyl (C=O) groups is 1. The standard InChI is InChI=1S/C17H21N3O3/c1-12(20-16(21)23-17(2,3)4)13-6-5-7-14(10-13)22-15-11-18-8-9-19-15/h5-12H,1-4H3,(H,20,21). The van der Waals surface area contributed by atoms with E-state index in [-0.39, 0.29) is 6.04 Å². The van der Waals surface area contributed by atoms with Gasteiger partial charge in [0.25, 0.3) is 0 Å². The minimum Gasteiger partial charge on any atom is -0.444 e. The van der Waals surface area contributed by atoms with Crippen molar-refractivity contribution in [3.05, 3.63) is 48.4 Å². The molecule has 23 heavy (non-hydrogen) atoms. The SMILES string of the molecule is CC(NC(=O)OC(C)(C)C)c1cccc(Oc2cnccn2)c1. The van der Waals surface area contributed by atoms with Gasteiger partial charge < -0.3 is 14.8 Å². The number of amides is 1. The Labute approximate surface area is 135 Å². The molecule has 0 aliphatic heterocycles. The highest BCUT2D eigenvalue weighted by Crippen LogP contribution is 2.23. The Morgan fingerprint density at radius 3 is 2.70 bits per heavy atom. The lowest BCUT2D eigenvalue weighted by molar-refractivity contribution is 0.0508. The zero-order chi connectivity index (χ0) is 16.9. The van der Waals surface area contributed by atoms with Crippen LogP contribution >= 0.6 is 0 Å². The summed E-state index contributed by atoms with van der Waals surface area (Å²) in [6.45, 7) is 7.36. The lowest BCUT2D eigenvalue weighted by Crippen LogP contribution is -2.34. The number of ether oxygens (including phenoxy) is 2. The fourth-order valence-corrected chi connectivity index (χ4v) is 1.87. The summed E-state index contributed by atoms with van der Waals surface area (Å²) in [7, 11) is 0. The molecular formula is C17H21N3O3. The van der Waals surface area contributed by atoms with Crippen LogP contribution < -0.4 is 10.1 Å². The average molecular weight is 315 g/mol. The molecule has 0 aliphatic rings. The van der Waals surface area contributed by atoms with Crippen LogP contribution in [0, 0.1) is 0 Å². The predicted molar refractivity (Wildman–Crippen MR) is 86.3 cm³/mol. The first kappa shape index (κ1) is 16.7. The van der Waals surface area contributed by atoms with Gasteiger partial charge in [-0.15, -0.1) is 0 Å². The number of nitrogens with zero attached hydrogens (tertiary/aromatic N) is 2. The Balaban J connectivity index is 2.02. The molecule has 1 amide bonds. The second-order valence-corrected chi connectivity index (χ2v) is 6.09. The summed E-state index contributed by atoms with van der Waals surface area (Å²) in [5.41, 5.74) is 0.373. The monoisotopic (exact) mass is 315 g/mol. The first-order valence-electron chi connectivity index (χ1n) is 7.37. The van der Waals surface area contributed by atoms with Crippen LogP contribution in [0.15, 0.2) is 42.9 Å². The molecule has 1 unspecified atom stereocenters. The Kier molecular flexibility index (Phi) is 5.16. The summed E-state index contributed by atoms with van der Waals surface area (Å²) in [6.07, 6.45) is 4.22. The second kappa shape index (κ2) is 7.09.